The number of nitrogens with zero attached hydrogens (tertiary/aromatic N) is 8. The van der Waals surface area contributed by atoms with Crippen LogP contribution in [0.4, 0.5) is 0 Å². The van der Waals surface area contributed by atoms with Crippen LogP contribution in [0, 0.1) is 57.2 Å². The third-order valence-electron chi connectivity index (χ3n) is 5.21. The number of aliphatic carboxylic acids is 2. The first kappa shape index (κ1) is 36.3. The monoisotopic (exact) mass is 528 g/mol. The molecule has 0 amide bonds. The quantitative estimate of drug-likeness (QED) is 0.260. The molecule has 0 aromatic rings. The molecule has 0 saturated carbocycles. The zero-order valence-corrected chi connectivity index (χ0v) is 23.7. The predicted molar refractivity (Wildman–Crippen MR) is 138 cm³/mol. The zero-order valence-electron chi connectivity index (χ0n) is 23.7. The standard InChI is InChI=1S/C14H24N4.C12H16N4O4/c1-11(2)7-13(5,9-15)17-18-14(6,10-16)8-12(3)4;1-11(7-13,5-3-9(17)18)15-16-12(2,8-14)6-4-10(19)20/h11-12H,7-8H2,1-6H3;3-6H2,1-2H3,(H,17,18)(H,19,20)/b18-17+;16-15+. The van der Waals surface area contributed by atoms with Crippen molar-refractivity contribution >= 4 is 11.9 Å². The highest BCUT2D eigenvalue weighted by Crippen LogP contribution is 2.26. The van der Waals surface area contributed by atoms with E-state index in [1.54, 1.807) is 13.8 Å². The third kappa shape index (κ3) is 16.0. The number of rotatable bonds is 14. The molecule has 4 unspecified atom stereocenters. The number of nitriles is 4. The Balaban J connectivity index is 0. The maximum Gasteiger partial charge on any atom is 0.303 e. The molecule has 0 aromatic heterocycles. The molecule has 208 valence electrons. The van der Waals surface area contributed by atoms with E-state index in [2.05, 4.69) is 32.6 Å². The van der Waals surface area contributed by atoms with Crippen molar-refractivity contribution in [2.45, 2.75) is 116 Å². The number of azo groups is 2. The van der Waals surface area contributed by atoms with Gasteiger partial charge in [0, 0.05) is 12.8 Å². The highest BCUT2D eigenvalue weighted by Gasteiger charge is 2.30. The van der Waals surface area contributed by atoms with Crippen LogP contribution in [0.3, 0.4) is 0 Å². The number of carbonyl (C=O) groups is 2. The van der Waals surface area contributed by atoms with E-state index < -0.39 is 34.1 Å². The van der Waals surface area contributed by atoms with Gasteiger partial charge < -0.3 is 10.2 Å². The Morgan fingerprint density at radius 2 is 0.842 bits per heavy atom. The minimum atomic E-state index is -1.35. The third-order valence-corrected chi connectivity index (χ3v) is 5.21. The van der Waals surface area contributed by atoms with E-state index >= 15 is 0 Å². The fraction of sp³-hybridized carbons (Fsp3) is 0.769. The summed E-state index contributed by atoms with van der Waals surface area (Å²) in [5.74, 6) is -1.38. The molecule has 0 aliphatic carbocycles. The van der Waals surface area contributed by atoms with Crippen LogP contribution in [0.25, 0.3) is 0 Å². The molecule has 0 aromatic carbocycles. The molecule has 2 N–H and O–H groups in total. The van der Waals surface area contributed by atoms with Crippen molar-refractivity contribution in [2.24, 2.45) is 32.3 Å². The fourth-order valence-corrected chi connectivity index (χ4v) is 3.21. The van der Waals surface area contributed by atoms with Crippen LogP contribution in [-0.4, -0.2) is 44.3 Å². The summed E-state index contributed by atoms with van der Waals surface area (Å²) in [6, 6.07) is 8.07. The van der Waals surface area contributed by atoms with Crippen LogP contribution in [0.5, 0.6) is 0 Å². The summed E-state index contributed by atoms with van der Waals surface area (Å²) < 4.78 is 0. The lowest BCUT2D eigenvalue weighted by Gasteiger charge is -2.22. The first-order valence-corrected chi connectivity index (χ1v) is 12.3. The van der Waals surface area contributed by atoms with Gasteiger partial charge >= 0.3 is 11.9 Å². The summed E-state index contributed by atoms with van der Waals surface area (Å²) in [7, 11) is 0. The number of hydrogen-bond donors (Lipinski definition) is 2. The summed E-state index contributed by atoms with van der Waals surface area (Å²) in [6.07, 6.45) is 0.723. The fourth-order valence-electron chi connectivity index (χ4n) is 3.21. The van der Waals surface area contributed by atoms with Crippen molar-refractivity contribution in [2.75, 3.05) is 0 Å². The van der Waals surface area contributed by atoms with Crippen LogP contribution in [0.1, 0.15) is 93.9 Å². The Hall–Kier alpha value is -3.90. The van der Waals surface area contributed by atoms with Crippen LogP contribution in [0.15, 0.2) is 20.5 Å². The molecule has 0 radical (unpaired) electrons. The molecule has 0 bridgehead atoms. The Morgan fingerprint density at radius 3 is 1.03 bits per heavy atom. The Bertz CT molecular complexity index is 950. The molecule has 0 heterocycles. The first-order chi connectivity index (χ1) is 17.3. The maximum absolute atomic E-state index is 10.5. The minimum absolute atomic E-state index is 0.0389. The summed E-state index contributed by atoms with van der Waals surface area (Å²) in [5.41, 5.74) is -4.36. The second-order valence-corrected chi connectivity index (χ2v) is 10.9. The van der Waals surface area contributed by atoms with Crippen molar-refractivity contribution in [3.8, 4) is 24.3 Å². The molecule has 0 saturated heterocycles. The molecule has 12 nitrogen and oxygen atoms in total. The lowest BCUT2D eigenvalue weighted by Crippen LogP contribution is -2.26. The zero-order chi connectivity index (χ0) is 30.2. The van der Waals surface area contributed by atoms with Gasteiger partial charge in [-0.25, -0.2) is 0 Å². The molecule has 0 aliphatic heterocycles. The van der Waals surface area contributed by atoms with Crippen LogP contribution >= 0.6 is 0 Å². The highest BCUT2D eigenvalue weighted by atomic mass is 16.4. The molecular weight excluding hydrogens is 488 g/mol. The normalized spacial score (nSPS) is 17.4. The van der Waals surface area contributed by atoms with E-state index in [0.29, 0.717) is 24.7 Å². The van der Waals surface area contributed by atoms with Gasteiger partial charge in [0.15, 0.2) is 22.2 Å². The predicted octanol–water partition coefficient (Wildman–Crippen LogP) is 5.83. The Morgan fingerprint density at radius 1 is 0.605 bits per heavy atom. The largest absolute Gasteiger partial charge is 0.481 e. The Kier molecular flexibility index (Phi) is 15.3. The van der Waals surface area contributed by atoms with Gasteiger partial charge in [0.2, 0.25) is 0 Å². The van der Waals surface area contributed by atoms with E-state index in [4.69, 9.17) is 20.7 Å². The summed E-state index contributed by atoms with van der Waals surface area (Å²) in [5, 5.41) is 69.4. The van der Waals surface area contributed by atoms with Gasteiger partial charge in [-0.3, -0.25) is 9.59 Å². The summed E-state index contributed by atoms with van der Waals surface area (Å²) in [4.78, 5) is 21.0. The highest BCUT2D eigenvalue weighted by molar-refractivity contribution is 5.67. The average molecular weight is 529 g/mol. The molecule has 0 aliphatic rings. The van der Waals surface area contributed by atoms with E-state index in [0.717, 1.165) is 0 Å². The lowest BCUT2D eigenvalue weighted by atomic mass is 9.92. The molecule has 0 rings (SSSR count). The molecule has 12 heteroatoms. The van der Waals surface area contributed by atoms with Gasteiger partial charge in [-0.2, -0.15) is 41.5 Å². The smallest absolute Gasteiger partial charge is 0.303 e. The minimum Gasteiger partial charge on any atom is -0.481 e. The van der Waals surface area contributed by atoms with Crippen molar-refractivity contribution in [3.63, 3.8) is 0 Å². The molecular formula is C26H40N8O4. The number of carboxylic acids is 2. The number of hydrogen-bond acceptors (Lipinski definition) is 10. The molecule has 0 fully saturated rings. The Labute approximate surface area is 225 Å². The maximum atomic E-state index is 10.5. The van der Waals surface area contributed by atoms with Crippen LogP contribution in [0.2, 0.25) is 0 Å². The summed E-state index contributed by atoms with van der Waals surface area (Å²) >= 11 is 0. The van der Waals surface area contributed by atoms with E-state index in [1.165, 1.54) is 13.8 Å². The van der Waals surface area contributed by atoms with Gasteiger partial charge in [0.05, 0.1) is 24.3 Å². The van der Waals surface area contributed by atoms with Crippen molar-refractivity contribution in [1.82, 2.24) is 0 Å². The van der Waals surface area contributed by atoms with E-state index in [1.807, 2.05) is 39.8 Å². The summed E-state index contributed by atoms with van der Waals surface area (Å²) in [6.45, 7) is 14.5. The van der Waals surface area contributed by atoms with Crippen LogP contribution in [-0.2, 0) is 9.59 Å². The van der Waals surface area contributed by atoms with Gasteiger partial charge in [-0.15, -0.1) is 0 Å². The average Bonchev–Trinajstić information content (AvgIpc) is 2.83. The molecule has 4 atom stereocenters. The molecule has 38 heavy (non-hydrogen) atoms. The van der Waals surface area contributed by atoms with Crippen molar-refractivity contribution < 1.29 is 19.8 Å². The SMILES string of the molecule is CC(C#N)(CCC(=O)O)/N=N/C(C)(C#N)CCC(=O)O.CC(C)CC(C)(C#N)/N=N/C(C)(C#N)CC(C)C. The van der Waals surface area contributed by atoms with Gasteiger partial charge in [0.25, 0.3) is 0 Å². The van der Waals surface area contributed by atoms with Crippen LogP contribution < -0.4 is 0 Å². The molecule has 0 spiro atoms. The van der Waals surface area contributed by atoms with E-state index in [-0.39, 0.29) is 25.7 Å². The van der Waals surface area contributed by atoms with Crippen molar-refractivity contribution in [3.05, 3.63) is 0 Å². The van der Waals surface area contributed by atoms with Gasteiger partial charge in [-0.1, -0.05) is 27.7 Å². The van der Waals surface area contributed by atoms with Crippen molar-refractivity contribution in [1.29, 1.82) is 21.0 Å². The van der Waals surface area contributed by atoms with Gasteiger partial charge in [0.1, 0.15) is 0 Å². The topological polar surface area (TPSA) is 219 Å². The second kappa shape index (κ2) is 16.0. The number of carboxylic acid groups (broad SMARTS) is 2. The van der Waals surface area contributed by atoms with Gasteiger partial charge in [-0.05, 0) is 65.2 Å². The van der Waals surface area contributed by atoms with E-state index in [9.17, 15) is 20.1 Å². The second-order valence-electron chi connectivity index (χ2n) is 10.9. The first-order valence-electron chi connectivity index (χ1n) is 12.3. The lowest BCUT2D eigenvalue weighted by molar-refractivity contribution is -0.138.